The number of aryl methyl sites for hydroxylation is 1. The molecule has 0 atom stereocenters. The number of hydrogen-bond acceptors (Lipinski definition) is 5. The van der Waals surface area contributed by atoms with Gasteiger partial charge in [-0.1, -0.05) is 11.6 Å². The summed E-state index contributed by atoms with van der Waals surface area (Å²) in [6.45, 7) is 0.982. The predicted molar refractivity (Wildman–Crippen MR) is 96.2 cm³/mol. The number of carbonyl (C=O) groups is 1. The molecule has 11 heteroatoms. The van der Waals surface area contributed by atoms with E-state index in [1.165, 1.54) is 22.9 Å². The fourth-order valence-corrected chi connectivity index (χ4v) is 4.88. The van der Waals surface area contributed by atoms with Crippen molar-refractivity contribution in [2.24, 2.45) is 7.05 Å². The number of nitrogens with zero attached hydrogens (tertiary/aromatic N) is 1. The Morgan fingerprint density at radius 2 is 2.15 bits per heavy atom. The summed E-state index contributed by atoms with van der Waals surface area (Å²) in [6, 6.07) is 3.75. The van der Waals surface area contributed by atoms with Crippen molar-refractivity contribution in [2.45, 2.75) is 10.4 Å². The van der Waals surface area contributed by atoms with Gasteiger partial charge in [-0.3, -0.25) is 4.79 Å². The largest absolute Gasteiger partial charge is 0.488 e. The van der Waals surface area contributed by atoms with Crippen LogP contribution < -0.4 is 20.1 Å². The molecule has 1 saturated heterocycles. The molecular formula is C16H16ClFN4O4S. The lowest BCUT2D eigenvalue weighted by Gasteiger charge is -2.40. The molecule has 1 amide bonds. The van der Waals surface area contributed by atoms with Gasteiger partial charge in [0.1, 0.15) is 17.3 Å². The van der Waals surface area contributed by atoms with Crippen LogP contribution in [0, 0.1) is 5.82 Å². The average molecular weight is 415 g/mol. The molecule has 2 aliphatic rings. The number of benzene rings is 1. The van der Waals surface area contributed by atoms with Crippen LogP contribution in [0.5, 0.6) is 5.75 Å². The first kappa shape index (κ1) is 18.2. The Kier molecular flexibility index (Phi) is 4.18. The molecule has 2 aliphatic heterocycles. The molecule has 3 heterocycles. The Bertz CT molecular complexity index is 1050. The molecule has 0 saturated carbocycles. The van der Waals surface area contributed by atoms with Crippen molar-refractivity contribution < 1.29 is 22.3 Å². The van der Waals surface area contributed by atoms with Gasteiger partial charge in [0.25, 0.3) is 5.91 Å². The van der Waals surface area contributed by atoms with E-state index in [0.29, 0.717) is 13.1 Å². The quantitative estimate of drug-likeness (QED) is 0.682. The van der Waals surface area contributed by atoms with Crippen molar-refractivity contribution in [1.29, 1.82) is 0 Å². The first-order chi connectivity index (χ1) is 12.7. The van der Waals surface area contributed by atoms with Crippen LogP contribution in [0.3, 0.4) is 0 Å². The summed E-state index contributed by atoms with van der Waals surface area (Å²) in [5.41, 5.74) is -0.405. The van der Waals surface area contributed by atoms with Gasteiger partial charge in [-0.05, 0) is 18.2 Å². The Labute approximate surface area is 159 Å². The third-order valence-corrected chi connectivity index (χ3v) is 6.42. The summed E-state index contributed by atoms with van der Waals surface area (Å²) < 4.78 is 48.5. The standard InChI is InChI=1S/C16H16ClFN4O4S/c1-22-5-12-14(26-8-16(6-19-7-16)21-27(12,24)25)13(22)15(23)20-9-2-3-11(18)10(17)4-9/h2-5,19,21H,6-8H2,1H3,(H,20,23). The van der Waals surface area contributed by atoms with Crippen LogP contribution in [0.4, 0.5) is 10.1 Å². The van der Waals surface area contributed by atoms with Crippen LogP contribution in [0.1, 0.15) is 10.5 Å². The number of carbonyl (C=O) groups excluding carboxylic acids is 1. The molecule has 0 radical (unpaired) electrons. The van der Waals surface area contributed by atoms with Crippen molar-refractivity contribution >= 4 is 33.2 Å². The zero-order chi connectivity index (χ0) is 19.4. The molecule has 0 unspecified atom stereocenters. The van der Waals surface area contributed by atoms with Crippen molar-refractivity contribution in [2.75, 3.05) is 25.0 Å². The number of hydrogen-bond donors (Lipinski definition) is 3. The Morgan fingerprint density at radius 3 is 2.78 bits per heavy atom. The lowest BCUT2D eigenvalue weighted by atomic mass is 9.95. The smallest absolute Gasteiger partial charge is 0.276 e. The molecule has 8 nitrogen and oxygen atoms in total. The second-order valence-corrected chi connectivity index (χ2v) is 8.70. The molecule has 1 aromatic carbocycles. The number of aromatic nitrogens is 1. The van der Waals surface area contributed by atoms with Crippen molar-refractivity contribution in [3.63, 3.8) is 0 Å². The van der Waals surface area contributed by atoms with Crippen LogP contribution in [-0.4, -0.2) is 44.1 Å². The minimum Gasteiger partial charge on any atom is -0.488 e. The highest BCUT2D eigenvalue weighted by Crippen LogP contribution is 2.35. The van der Waals surface area contributed by atoms with Gasteiger partial charge in [0.15, 0.2) is 11.4 Å². The van der Waals surface area contributed by atoms with Gasteiger partial charge in [-0.25, -0.2) is 12.8 Å². The SMILES string of the molecule is Cn1cc2c(c1C(=O)Nc1ccc(F)c(Cl)c1)OCC1(CNC1)NS2(=O)=O. The van der Waals surface area contributed by atoms with E-state index in [2.05, 4.69) is 15.4 Å². The van der Waals surface area contributed by atoms with E-state index in [1.807, 2.05) is 0 Å². The second-order valence-electron chi connectivity index (χ2n) is 6.64. The van der Waals surface area contributed by atoms with Crippen molar-refractivity contribution in [3.8, 4) is 5.75 Å². The molecule has 0 aliphatic carbocycles. The fraction of sp³-hybridized carbons (Fsp3) is 0.312. The van der Waals surface area contributed by atoms with Gasteiger partial charge in [-0.15, -0.1) is 0 Å². The summed E-state index contributed by atoms with van der Waals surface area (Å²) in [7, 11) is -2.31. The molecule has 2 aromatic rings. The predicted octanol–water partition coefficient (Wildman–Crippen LogP) is 1.08. The number of amides is 1. The summed E-state index contributed by atoms with van der Waals surface area (Å²) in [4.78, 5) is 12.7. The lowest BCUT2D eigenvalue weighted by Crippen LogP contribution is -2.71. The molecule has 27 heavy (non-hydrogen) atoms. The summed E-state index contributed by atoms with van der Waals surface area (Å²) in [5, 5.41) is 5.46. The van der Waals surface area contributed by atoms with Gasteiger partial charge in [0, 0.05) is 32.0 Å². The van der Waals surface area contributed by atoms with Gasteiger partial charge in [-0.2, -0.15) is 4.72 Å². The van der Waals surface area contributed by atoms with Gasteiger partial charge < -0.3 is 19.9 Å². The van der Waals surface area contributed by atoms with E-state index in [9.17, 15) is 17.6 Å². The number of sulfonamides is 1. The normalized spacial score (nSPS) is 19.5. The third kappa shape index (κ3) is 3.08. The van der Waals surface area contributed by atoms with Gasteiger partial charge in [0.2, 0.25) is 10.0 Å². The van der Waals surface area contributed by atoms with Crippen LogP contribution in [0.25, 0.3) is 0 Å². The van der Waals surface area contributed by atoms with Gasteiger partial charge in [0.05, 0.1) is 10.6 Å². The minimum absolute atomic E-state index is 0.0144. The lowest BCUT2D eigenvalue weighted by molar-refractivity contribution is 0.100. The minimum atomic E-state index is -3.85. The van der Waals surface area contributed by atoms with E-state index in [-0.39, 0.29) is 33.7 Å². The summed E-state index contributed by atoms with van der Waals surface area (Å²) >= 11 is 5.73. The van der Waals surface area contributed by atoms with E-state index < -0.39 is 27.3 Å². The number of nitrogens with one attached hydrogen (secondary N) is 3. The average Bonchev–Trinajstić information content (AvgIpc) is 2.85. The van der Waals surface area contributed by atoms with E-state index in [0.717, 1.165) is 6.07 Å². The second kappa shape index (κ2) is 6.20. The highest BCUT2D eigenvalue weighted by molar-refractivity contribution is 7.89. The van der Waals surface area contributed by atoms with E-state index in [4.69, 9.17) is 16.3 Å². The Hall–Kier alpha value is -2.14. The van der Waals surface area contributed by atoms with Crippen molar-refractivity contribution in [1.82, 2.24) is 14.6 Å². The molecule has 1 spiro atoms. The number of ether oxygens (including phenoxy) is 1. The number of rotatable bonds is 2. The maximum Gasteiger partial charge on any atom is 0.276 e. The topological polar surface area (TPSA) is 101 Å². The summed E-state index contributed by atoms with van der Waals surface area (Å²) in [6.07, 6.45) is 1.33. The number of anilines is 1. The molecule has 4 rings (SSSR count). The highest BCUT2D eigenvalue weighted by Gasteiger charge is 2.46. The maximum atomic E-state index is 13.3. The Morgan fingerprint density at radius 1 is 1.41 bits per heavy atom. The van der Waals surface area contributed by atoms with E-state index in [1.54, 1.807) is 7.05 Å². The van der Waals surface area contributed by atoms with Crippen LogP contribution in [0.15, 0.2) is 29.3 Å². The zero-order valence-electron chi connectivity index (χ0n) is 14.2. The first-order valence-corrected chi connectivity index (χ1v) is 9.90. The van der Waals surface area contributed by atoms with Crippen LogP contribution in [0.2, 0.25) is 5.02 Å². The maximum absolute atomic E-state index is 13.3. The fourth-order valence-electron chi connectivity index (χ4n) is 3.12. The molecule has 144 valence electrons. The molecule has 0 bridgehead atoms. The number of fused-ring (bicyclic) bond motifs is 1. The molecular weight excluding hydrogens is 399 g/mol. The Balaban J connectivity index is 1.69. The van der Waals surface area contributed by atoms with Crippen LogP contribution >= 0.6 is 11.6 Å². The molecule has 1 fully saturated rings. The molecule has 3 N–H and O–H groups in total. The number of halogens is 2. The van der Waals surface area contributed by atoms with Crippen LogP contribution in [-0.2, 0) is 17.1 Å². The third-order valence-electron chi connectivity index (χ3n) is 4.55. The van der Waals surface area contributed by atoms with Crippen molar-refractivity contribution in [3.05, 3.63) is 40.9 Å². The monoisotopic (exact) mass is 414 g/mol. The summed E-state index contributed by atoms with van der Waals surface area (Å²) in [5.74, 6) is -1.22. The highest BCUT2D eigenvalue weighted by atomic mass is 35.5. The zero-order valence-corrected chi connectivity index (χ0v) is 15.7. The molecule has 1 aromatic heterocycles. The van der Waals surface area contributed by atoms with E-state index >= 15 is 0 Å². The first-order valence-electron chi connectivity index (χ1n) is 8.04. The van der Waals surface area contributed by atoms with Gasteiger partial charge >= 0.3 is 0 Å².